The Balaban J connectivity index is 1.91. The van der Waals surface area contributed by atoms with Gasteiger partial charge >= 0.3 is 0 Å². The summed E-state index contributed by atoms with van der Waals surface area (Å²) in [7, 11) is 1.56. The van der Waals surface area contributed by atoms with E-state index in [0.717, 1.165) is 17.3 Å². The van der Waals surface area contributed by atoms with Crippen LogP contribution in [0.5, 0.6) is 5.75 Å². The minimum atomic E-state index is -0.259. The molecule has 2 aromatic carbocycles. The maximum atomic E-state index is 14.1. The van der Waals surface area contributed by atoms with Crippen molar-refractivity contribution < 1.29 is 13.9 Å². The lowest BCUT2D eigenvalue weighted by Crippen LogP contribution is -2.31. The number of methoxy groups -OCH3 is 1. The second-order valence-corrected chi connectivity index (χ2v) is 6.38. The van der Waals surface area contributed by atoms with E-state index in [0.29, 0.717) is 23.4 Å². The lowest BCUT2D eigenvalue weighted by molar-refractivity contribution is 0.0733. The van der Waals surface area contributed by atoms with Gasteiger partial charge in [-0.1, -0.05) is 18.2 Å². The van der Waals surface area contributed by atoms with Crippen LogP contribution in [0, 0.1) is 5.82 Å². The fourth-order valence-corrected chi connectivity index (χ4v) is 3.45. The van der Waals surface area contributed by atoms with Gasteiger partial charge in [-0.3, -0.25) is 4.79 Å². The summed E-state index contributed by atoms with van der Waals surface area (Å²) in [6.45, 7) is 0.635. The molecule has 1 unspecified atom stereocenters. The van der Waals surface area contributed by atoms with Crippen LogP contribution in [-0.2, 0) is 0 Å². The number of nitrogens with zero attached hydrogens (tertiary/aromatic N) is 1. The second-order valence-electron chi connectivity index (χ2n) is 5.53. The molecule has 0 N–H and O–H groups in total. The molecule has 1 aliphatic heterocycles. The van der Waals surface area contributed by atoms with Crippen molar-refractivity contribution in [2.75, 3.05) is 13.7 Å². The number of ether oxygens (including phenoxy) is 1. The molecule has 0 aliphatic carbocycles. The van der Waals surface area contributed by atoms with Crippen LogP contribution < -0.4 is 4.74 Å². The normalized spacial score (nSPS) is 17.3. The van der Waals surface area contributed by atoms with E-state index in [9.17, 15) is 9.18 Å². The molecule has 0 saturated carbocycles. The van der Waals surface area contributed by atoms with Crippen molar-refractivity contribution in [1.82, 2.24) is 4.90 Å². The number of benzene rings is 2. The molecule has 1 atom stereocenters. The molecular weight excluding hydrogens is 361 g/mol. The molecule has 1 heterocycles. The van der Waals surface area contributed by atoms with Crippen LogP contribution in [0.15, 0.2) is 46.9 Å². The Bertz CT molecular complexity index is 735. The van der Waals surface area contributed by atoms with Crippen molar-refractivity contribution in [1.29, 1.82) is 0 Å². The molecule has 23 heavy (non-hydrogen) atoms. The summed E-state index contributed by atoms with van der Waals surface area (Å²) >= 11 is 3.38. The third-order valence-electron chi connectivity index (χ3n) is 4.18. The fraction of sp³-hybridized carbons (Fsp3) is 0.278. The largest absolute Gasteiger partial charge is 0.496 e. The number of likely N-dealkylation sites (tertiary alicyclic amines) is 1. The van der Waals surface area contributed by atoms with Gasteiger partial charge in [0.05, 0.1) is 17.6 Å². The highest BCUT2D eigenvalue weighted by Gasteiger charge is 2.32. The van der Waals surface area contributed by atoms with Gasteiger partial charge in [-0.25, -0.2) is 4.39 Å². The highest BCUT2D eigenvalue weighted by Crippen LogP contribution is 2.35. The van der Waals surface area contributed by atoms with Crippen molar-refractivity contribution in [3.63, 3.8) is 0 Å². The highest BCUT2D eigenvalue weighted by molar-refractivity contribution is 9.10. The first-order chi connectivity index (χ1) is 11.1. The lowest BCUT2D eigenvalue weighted by Gasteiger charge is -2.25. The van der Waals surface area contributed by atoms with Gasteiger partial charge in [0.1, 0.15) is 11.6 Å². The standard InChI is InChI=1S/C18H17BrFNO2/c1-23-17-11-12(8-9-14(17)19)18(22)21-10-4-7-16(21)13-5-2-3-6-15(13)20/h2-3,5-6,8-9,11,16H,4,7,10H2,1H3. The molecule has 0 aromatic heterocycles. The van der Waals surface area contributed by atoms with Gasteiger partial charge in [-0.15, -0.1) is 0 Å². The van der Waals surface area contributed by atoms with Crippen LogP contribution in [0.1, 0.15) is 34.8 Å². The quantitative estimate of drug-likeness (QED) is 0.783. The van der Waals surface area contributed by atoms with Gasteiger partial charge in [-0.05, 0) is 53.0 Å². The molecule has 1 amide bonds. The Hall–Kier alpha value is -1.88. The Kier molecular flexibility index (Phi) is 4.66. The van der Waals surface area contributed by atoms with Gasteiger partial charge in [0, 0.05) is 17.7 Å². The van der Waals surface area contributed by atoms with Crippen LogP contribution in [0.25, 0.3) is 0 Å². The molecule has 1 fully saturated rings. The van der Waals surface area contributed by atoms with Gasteiger partial charge in [-0.2, -0.15) is 0 Å². The minimum absolute atomic E-state index is 0.0958. The van der Waals surface area contributed by atoms with Crippen molar-refractivity contribution in [3.05, 3.63) is 63.9 Å². The molecule has 1 saturated heterocycles. The van der Waals surface area contributed by atoms with Crippen molar-refractivity contribution in [2.45, 2.75) is 18.9 Å². The Labute approximate surface area is 143 Å². The smallest absolute Gasteiger partial charge is 0.254 e. The summed E-state index contributed by atoms with van der Waals surface area (Å²) in [5.74, 6) is 0.254. The number of hydrogen-bond donors (Lipinski definition) is 0. The summed E-state index contributed by atoms with van der Waals surface area (Å²) in [5.41, 5.74) is 1.13. The molecule has 0 bridgehead atoms. The molecule has 0 spiro atoms. The number of carbonyl (C=O) groups excluding carboxylic acids is 1. The number of halogens is 2. The maximum absolute atomic E-state index is 14.1. The first-order valence-corrected chi connectivity index (χ1v) is 8.30. The summed E-state index contributed by atoms with van der Waals surface area (Å²) in [4.78, 5) is 14.6. The average molecular weight is 378 g/mol. The first-order valence-electron chi connectivity index (χ1n) is 7.50. The van der Waals surface area contributed by atoms with Crippen LogP contribution >= 0.6 is 15.9 Å². The minimum Gasteiger partial charge on any atom is -0.496 e. The van der Waals surface area contributed by atoms with Gasteiger partial charge in [0.15, 0.2) is 0 Å². The van der Waals surface area contributed by atoms with Crippen molar-refractivity contribution in [3.8, 4) is 5.75 Å². The van der Waals surface area contributed by atoms with Gasteiger partial charge in [0.25, 0.3) is 5.91 Å². The molecule has 1 aliphatic rings. The van der Waals surface area contributed by atoms with E-state index in [4.69, 9.17) is 4.74 Å². The SMILES string of the molecule is COc1cc(C(=O)N2CCCC2c2ccccc2F)ccc1Br. The molecule has 3 rings (SSSR count). The van der Waals surface area contributed by atoms with E-state index in [1.165, 1.54) is 6.07 Å². The summed E-state index contributed by atoms with van der Waals surface area (Å²) in [6.07, 6.45) is 1.65. The zero-order valence-corrected chi connectivity index (χ0v) is 14.3. The third kappa shape index (κ3) is 3.11. The number of carbonyl (C=O) groups is 1. The molecule has 0 radical (unpaired) electrons. The highest BCUT2D eigenvalue weighted by atomic mass is 79.9. The Morgan fingerprint density at radius 2 is 2.09 bits per heavy atom. The third-order valence-corrected chi connectivity index (χ3v) is 4.83. The van der Waals surface area contributed by atoms with E-state index in [2.05, 4.69) is 15.9 Å². The van der Waals surface area contributed by atoms with Crippen LogP contribution in [0.4, 0.5) is 4.39 Å². The van der Waals surface area contributed by atoms with E-state index in [1.54, 1.807) is 42.3 Å². The Morgan fingerprint density at radius 1 is 1.30 bits per heavy atom. The van der Waals surface area contributed by atoms with Crippen LogP contribution in [0.2, 0.25) is 0 Å². The maximum Gasteiger partial charge on any atom is 0.254 e. The molecule has 3 nitrogen and oxygen atoms in total. The summed E-state index contributed by atoms with van der Waals surface area (Å²) < 4.78 is 20.1. The zero-order chi connectivity index (χ0) is 16.4. The fourth-order valence-electron chi connectivity index (χ4n) is 3.04. The number of hydrogen-bond acceptors (Lipinski definition) is 2. The molecule has 120 valence electrons. The molecule has 2 aromatic rings. The van der Waals surface area contributed by atoms with Gasteiger partial charge < -0.3 is 9.64 Å². The lowest BCUT2D eigenvalue weighted by atomic mass is 10.0. The van der Waals surface area contributed by atoms with E-state index in [1.807, 2.05) is 6.07 Å². The predicted molar refractivity (Wildman–Crippen MR) is 90.1 cm³/mol. The number of amides is 1. The van der Waals surface area contributed by atoms with Gasteiger partial charge in [0.2, 0.25) is 0 Å². The van der Waals surface area contributed by atoms with Crippen LogP contribution in [0.3, 0.4) is 0 Å². The summed E-state index contributed by atoms with van der Waals surface area (Å²) in [5, 5.41) is 0. The van der Waals surface area contributed by atoms with Crippen molar-refractivity contribution >= 4 is 21.8 Å². The molecule has 5 heteroatoms. The van der Waals surface area contributed by atoms with Crippen LogP contribution in [-0.4, -0.2) is 24.5 Å². The first kappa shape index (κ1) is 16.0. The zero-order valence-electron chi connectivity index (χ0n) is 12.8. The van der Waals surface area contributed by atoms with E-state index >= 15 is 0 Å². The van der Waals surface area contributed by atoms with Crippen molar-refractivity contribution in [2.24, 2.45) is 0 Å². The second kappa shape index (κ2) is 6.71. The van der Waals surface area contributed by atoms with E-state index < -0.39 is 0 Å². The monoisotopic (exact) mass is 377 g/mol. The molecular formula is C18H17BrFNO2. The Morgan fingerprint density at radius 3 is 2.83 bits per heavy atom. The van der Waals surface area contributed by atoms with E-state index in [-0.39, 0.29) is 17.8 Å². The topological polar surface area (TPSA) is 29.5 Å². The predicted octanol–water partition coefficient (Wildman–Crippen LogP) is 4.57. The number of rotatable bonds is 3. The average Bonchev–Trinajstić information content (AvgIpc) is 3.04. The summed E-state index contributed by atoms with van der Waals surface area (Å²) in [6, 6.07) is 11.7.